The number of hydrogen-bond donors (Lipinski definition) is 1. The summed E-state index contributed by atoms with van der Waals surface area (Å²) in [5.41, 5.74) is 1.62. The second kappa shape index (κ2) is 8.41. The van der Waals surface area contributed by atoms with E-state index >= 15 is 0 Å². The van der Waals surface area contributed by atoms with Gasteiger partial charge in [0.15, 0.2) is 0 Å². The van der Waals surface area contributed by atoms with Crippen LogP contribution in [0.4, 0.5) is 11.4 Å². The molecule has 0 bridgehead atoms. The van der Waals surface area contributed by atoms with E-state index in [1.807, 2.05) is 13.8 Å². The number of amides is 1. The Morgan fingerprint density at radius 3 is 2.33 bits per heavy atom. The molecule has 0 radical (unpaired) electrons. The first-order valence-electron chi connectivity index (χ1n) is 9.20. The molecule has 0 aliphatic rings. The molecular formula is C20H22ClN3O4S2. The van der Waals surface area contributed by atoms with E-state index < -0.39 is 22.0 Å². The Morgan fingerprint density at radius 1 is 1.13 bits per heavy atom. The number of hydrogen-bond acceptors (Lipinski definition) is 5. The maximum absolute atomic E-state index is 12.9. The van der Waals surface area contributed by atoms with Gasteiger partial charge in [0.25, 0.3) is 0 Å². The van der Waals surface area contributed by atoms with Gasteiger partial charge in [-0.1, -0.05) is 22.9 Å². The summed E-state index contributed by atoms with van der Waals surface area (Å²) in [6.45, 7) is 5.38. The van der Waals surface area contributed by atoms with Gasteiger partial charge in [-0.25, -0.2) is 8.42 Å². The standard InChI is InChI=1S/C20H22ClN3O4S2/c1-12(2)23-17-10-7-15(11-18(17)29-20(23)26)22-19(25)13(3)24(30(4,27)28)16-8-5-14(21)6-9-16/h5-13H,1-4H3,(H,22,25). The molecule has 1 amide bonds. The smallest absolute Gasteiger partial charge is 0.308 e. The van der Waals surface area contributed by atoms with Crippen LogP contribution in [0.1, 0.15) is 26.8 Å². The Bertz CT molecular complexity index is 1250. The molecule has 160 valence electrons. The van der Waals surface area contributed by atoms with Crippen molar-refractivity contribution < 1.29 is 13.2 Å². The molecule has 2 aromatic carbocycles. The molecule has 0 spiro atoms. The van der Waals surface area contributed by atoms with Crippen molar-refractivity contribution in [2.45, 2.75) is 32.9 Å². The van der Waals surface area contributed by atoms with Gasteiger partial charge in [-0.3, -0.25) is 18.5 Å². The molecule has 0 aliphatic carbocycles. The van der Waals surface area contributed by atoms with Crippen molar-refractivity contribution in [1.82, 2.24) is 4.57 Å². The minimum Gasteiger partial charge on any atom is -0.324 e. The van der Waals surface area contributed by atoms with Gasteiger partial charge in [0, 0.05) is 16.8 Å². The van der Waals surface area contributed by atoms with Crippen molar-refractivity contribution in [3.63, 3.8) is 0 Å². The van der Waals surface area contributed by atoms with Crippen LogP contribution >= 0.6 is 22.9 Å². The molecule has 1 unspecified atom stereocenters. The first-order chi connectivity index (χ1) is 14.0. The molecule has 7 nitrogen and oxygen atoms in total. The van der Waals surface area contributed by atoms with Crippen molar-refractivity contribution >= 4 is 60.5 Å². The van der Waals surface area contributed by atoms with E-state index in [9.17, 15) is 18.0 Å². The lowest BCUT2D eigenvalue weighted by Gasteiger charge is -2.28. The highest BCUT2D eigenvalue weighted by atomic mass is 35.5. The van der Waals surface area contributed by atoms with Crippen molar-refractivity contribution in [3.8, 4) is 0 Å². The highest BCUT2D eigenvalue weighted by Gasteiger charge is 2.29. The monoisotopic (exact) mass is 467 g/mol. The fourth-order valence-electron chi connectivity index (χ4n) is 3.25. The molecule has 30 heavy (non-hydrogen) atoms. The number of fused-ring (bicyclic) bond motifs is 1. The highest BCUT2D eigenvalue weighted by Crippen LogP contribution is 2.26. The van der Waals surface area contributed by atoms with E-state index in [1.165, 1.54) is 6.92 Å². The van der Waals surface area contributed by atoms with E-state index in [0.717, 1.165) is 32.1 Å². The predicted molar refractivity (Wildman–Crippen MR) is 123 cm³/mol. The predicted octanol–water partition coefficient (Wildman–Crippen LogP) is 4.09. The number of nitrogens with one attached hydrogen (secondary N) is 1. The van der Waals surface area contributed by atoms with Crippen molar-refractivity contribution in [1.29, 1.82) is 0 Å². The van der Waals surface area contributed by atoms with Crippen LogP contribution in [0.25, 0.3) is 10.2 Å². The van der Waals surface area contributed by atoms with Gasteiger partial charge >= 0.3 is 4.87 Å². The number of carbonyl (C=O) groups excluding carboxylic acids is 1. The number of anilines is 2. The number of thiazole rings is 1. The Balaban J connectivity index is 1.90. The number of carbonyl (C=O) groups is 1. The van der Waals surface area contributed by atoms with Crippen molar-refractivity contribution in [2.24, 2.45) is 0 Å². The molecule has 3 rings (SSSR count). The summed E-state index contributed by atoms with van der Waals surface area (Å²) in [5.74, 6) is -0.495. The molecule has 0 aliphatic heterocycles. The number of sulfonamides is 1. The molecule has 1 N–H and O–H groups in total. The maximum Gasteiger partial charge on any atom is 0.308 e. The number of benzene rings is 2. The second-order valence-corrected chi connectivity index (χ2v) is 10.5. The third-order valence-electron chi connectivity index (χ3n) is 4.57. The van der Waals surface area contributed by atoms with E-state index in [2.05, 4.69) is 5.32 Å². The molecule has 0 fully saturated rings. The van der Waals surface area contributed by atoms with Crippen LogP contribution in [0.3, 0.4) is 0 Å². The van der Waals surface area contributed by atoms with Crippen LogP contribution in [-0.4, -0.2) is 31.2 Å². The van der Waals surface area contributed by atoms with Crippen LogP contribution in [0.2, 0.25) is 5.02 Å². The Hall–Kier alpha value is -2.36. The Morgan fingerprint density at radius 2 is 1.77 bits per heavy atom. The van der Waals surface area contributed by atoms with Crippen LogP contribution in [0.15, 0.2) is 47.3 Å². The first-order valence-corrected chi connectivity index (χ1v) is 12.2. The van der Waals surface area contributed by atoms with E-state index in [1.54, 1.807) is 47.0 Å². The molecule has 1 aromatic heterocycles. The quantitative estimate of drug-likeness (QED) is 0.591. The summed E-state index contributed by atoms with van der Waals surface area (Å²) in [6.07, 6.45) is 1.05. The summed E-state index contributed by atoms with van der Waals surface area (Å²) in [6, 6.07) is 10.4. The van der Waals surface area contributed by atoms with Gasteiger partial charge in [-0.05, 0) is 63.2 Å². The van der Waals surface area contributed by atoms with Gasteiger partial charge in [0.05, 0.1) is 22.2 Å². The number of rotatable bonds is 6. The molecule has 3 aromatic rings. The average molecular weight is 468 g/mol. The van der Waals surface area contributed by atoms with Crippen LogP contribution < -0.4 is 14.5 Å². The fraction of sp³-hybridized carbons (Fsp3) is 0.300. The summed E-state index contributed by atoms with van der Waals surface area (Å²) in [7, 11) is -3.73. The molecule has 0 saturated heterocycles. The van der Waals surface area contributed by atoms with Crippen molar-refractivity contribution in [3.05, 3.63) is 57.2 Å². The van der Waals surface area contributed by atoms with Gasteiger partial charge < -0.3 is 5.32 Å². The van der Waals surface area contributed by atoms with Crippen molar-refractivity contribution in [2.75, 3.05) is 15.9 Å². The van der Waals surface area contributed by atoms with Gasteiger partial charge in [0.2, 0.25) is 15.9 Å². The topological polar surface area (TPSA) is 88.5 Å². The molecule has 0 saturated carbocycles. The summed E-state index contributed by atoms with van der Waals surface area (Å²) < 4.78 is 28.2. The third kappa shape index (κ3) is 4.53. The number of aromatic nitrogens is 1. The zero-order chi connectivity index (χ0) is 22.2. The number of halogens is 1. The SMILES string of the molecule is CC(C(=O)Nc1ccc2c(c1)sc(=O)n2C(C)C)N(c1ccc(Cl)cc1)S(C)(=O)=O. The van der Waals surface area contributed by atoms with Gasteiger partial charge in [-0.2, -0.15) is 0 Å². The normalized spacial score (nSPS) is 12.9. The van der Waals surface area contributed by atoms with Crippen LogP contribution in [-0.2, 0) is 14.8 Å². The highest BCUT2D eigenvalue weighted by molar-refractivity contribution is 7.92. The summed E-state index contributed by atoms with van der Waals surface area (Å²) in [4.78, 5) is 25.0. The molecule has 1 atom stereocenters. The van der Waals surface area contributed by atoms with E-state index in [4.69, 9.17) is 11.6 Å². The minimum absolute atomic E-state index is 0.0226. The zero-order valence-corrected chi connectivity index (χ0v) is 19.3. The van der Waals surface area contributed by atoms with E-state index in [0.29, 0.717) is 16.4 Å². The second-order valence-electron chi connectivity index (χ2n) is 7.21. The average Bonchev–Trinajstić information content (AvgIpc) is 2.97. The summed E-state index contributed by atoms with van der Waals surface area (Å²) >= 11 is 6.99. The zero-order valence-electron chi connectivity index (χ0n) is 16.9. The maximum atomic E-state index is 12.9. The lowest BCUT2D eigenvalue weighted by Crippen LogP contribution is -2.45. The lowest BCUT2D eigenvalue weighted by atomic mass is 10.2. The fourth-order valence-corrected chi connectivity index (χ4v) is 5.60. The largest absolute Gasteiger partial charge is 0.324 e. The minimum atomic E-state index is -3.73. The molecule has 10 heteroatoms. The van der Waals surface area contributed by atoms with Crippen LogP contribution in [0, 0.1) is 0 Å². The molecule has 1 heterocycles. The Labute approximate surface area is 183 Å². The first kappa shape index (κ1) is 22.3. The molecular weight excluding hydrogens is 446 g/mol. The van der Waals surface area contributed by atoms with Gasteiger partial charge in [0.1, 0.15) is 6.04 Å². The summed E-state index contributed by atoms with van der Waals surface area (Å²) in [5, 5.41) is 3.21. The Kier molecular flexibility index (Phi) is 6.26. The third-order valence-corrected chi connectivity index (χ3v) is 6.98. The number of nitrogens with zero attached hydrogens (tertiary/aromatic N) is 2. The van der Waals surface area contributed by atoms with Gasteiger partial charge in [-0.15, -0.1) is 0 Å². The lowest BCUT2D eigenvalue weighted by molar-refractivity contribution is -0.116. The van der Waals surface area contributed by atoms with E-state index in [-0.39, 0.29) is 10.9 Å². The van der Waals surface area contributed by atoms with Crippen LogP contribution in [0.5, 0.6) is 0 Å².